The fourth-order valence-corrected chi connectivity index (χ4v) is 3.78. The first kappa shape index (κ1) is 24.0. The van der Waals surface area contributed by atoms with Gasteiger partial charge in [-0.1, -0.05) is 44.5 Å². The maximum Gasteiger partial charge on any atom is 0.308 e. The Bertz CT molecular complexity index is 1060. The lowest BCUT2D eigenvalue weighted by atomic mass is 9.95. The minimum Gasteiger partial charge on any atom is -0.507 e. The van der Waals surface area contributed by atoms with Gasteiger partial charge < -0.3 is 19.5 Å². The third-order valence-electron chi connectivity index (χ3n) is 5.33. The summed E-state index contributed by atoms with van der Waals surface area (Å²) in [5, 5.41) is 11.2. The van der Waals surface area contributed by atoms with Crippen molar-refractivity contribution >= 4 is 23.4 Å². The van der Waals surface area contributed by atoms with Crippen LogP contribution < -0.4 is 9.47 Å². The molecule has 0 aromatic heterocycles. The normalized spacial score (nSPS) is 17.3. The van der Waals surface area contributed by atoms with Gasteiger partial charge in [0.05, 0.1) is 18.2 Å². The molecule has 0 bridgehead atoms. The van der Waals surface area contributed by atoms with Gasteiger partial charge in [-0.3, -0.25) is 14.4 Å². The highest BCUT2D eigenvalue weighted by Crippen LogP contribution is 2.40. The van der Waals surface area contributed by atoms with Crippen molar-refractivity contribution in [2.45, 2.75) is 46.1 Å². The number of rotatable bonds is 9. The van der Waals surface area contributed by atoms with E-state index in [9.17, 15) is 19.5 Å². The minimum atomic E-state index is -0.747. The number of aliphatic hydroxyl groups excluding tert-OH is 1. The number of Topliss-reactive ketones (excluding diaryl/α,β-unsaturated/α-hetero) is 1. The fraction of sp³-hybridized carbons (Fsp3) is 0.346. The molecule has 1 saturated heterocycles. The summed E-state index contributed by atoms with van der Waals surface area (Å²) in [6.07, 6.45) is 2.40. The summed E-state index contributed by atoms with van der Waals surface area (Å²) < 4.78 is 10.7. The molecule has 0 aliphatic carbocycles. The van der Waals surface area contributed by atoms with Crippen LogP contribution in [0.4, 0.5) is 0 Å². The van der Waals surface area contributed by atoms with Crippen LogP contribution in [0.25, 0.3) is 5.76 Å². The number of ether oxygens (including phenoxy) is 2. The standard InChI is InChI=1S/C26H29NO6/c1-4-6-14-27-23(18-10-12-20(13-11-18)33-17(3)28)22(25(30)26(27)31)24(29)19-8-7-9-21(16-19)32-15-5-2/h7-13,16,23,29H,4-6,14-15H2,1-3H3/b24-22-. The zero-order valence-corrected chi connectivity index (χ0v) is 19.2. The zero-order chi connectivity index (χ0) is 24.0. The largest absolute Gasteiger partial charge is 0.507 e. The number of unbranched alkanes of at least 4 members (excludes halogenated alkanes) is 1. The van der Waals surface area contributed by atoms with Crippen LogP contribution in [-0.2, 0) is 14.4 Å². The molecule has 1 N–H and O–H groups in total. The molecule has 174 valence electrons. The first-order chi connectivity index (χ1) is 15.9. The van der Waals surface area contributed by atoms with Gasteiger partial charge in [0, 0.05) is 19.0 Å². The number of esters is 1. The van der Waals surface area contributed by atoms with Crippen LogP contribution in [0.2, 0.25) is 0 Å². The monoisotopic (exact) mass is 451 g/mol. The maximum atomic E-state index is 13.0. The summed E-state index contributed by atoms with van der Waals surface area (Å²) >= 11 is 0. The van der Waals surface area contributed by atoms with Crippen molar-refractivity contribution in [3.05, 3.63) is 65.2 Å². The molecule has 1 aliphatic rings. The van der Waals surface area contributed by atoms with Crippen LogP contribution in [0.3, 0.4) is 0 Å². The number of hydrogen-bond acceptors (Lipinski definition) is 6. The quantitative estimate of drug-likeness (QED) is 0.197. The van der Waals surface area contributed by atoms with E-state index in [0.717, 1.165) is 19.3 Å². The first-order valence-corrected chi connectivity index (χ1v) is 11.2. The number of likely N-dealkylation sites (tertiary alicyclic amines) is 1. The number of carbonyl (C=O) groups excluding carboxylic acids is 3. The molecule has 0 spiro atoms. The van der Waals surface area contributed by atoms with E-state index in [1.54, 1.807) is 48.5 Å². The smallest absolute Gasteiger partial charge is 0.308 e. The van der Waals surface area contributed by atoms with Gasteiger partial charge in [-0.25, -0.2) is 0 Å². The third kappa shape index (κ3) is 5.42. The lowest BCUT2D eigenvalue weighted by Gasteiger charge is -2.25. The van der Waals surface area contributed by atoms with Gasteiger partial charge in [-0.15, -0.1) is 0 Å². The molecule has 0 saturated carbocycles. The van der Waals surface area contributed by atoms with Gasteiger partial charge in [0.15, 0.2) is 0 Å². The Morgan fingerprint density at radius 1 is 1.03 bits per heavy atom. The Labute approximate surface area is 193 Å². The van der Waals surface area contributed by atoms with Crippen molar-refractivity contribution in [2.24, 2.45) is 0 Å². The van der Waals surface area contributed by atoms with Gasteiger partial charge in [-0.05, 0) is 42.7 Å². The second-order valence-corrected chi connectivity index (χ2v) is 7.89. The zero-order valence-electron chi connectivity index (χ0n) is 19.2. The molecule has 2 aromatic rings. The van der Waals surface area contributed by atoms with Gasteiger partial charge in [0.2, 0.25) is 0 Å². The highest BCUT2D eigenvalue weighted by molar-refractivity contribution is 6.46. The molecule has 7 heteroatoms. The highest BCUT2D eigenvalue weighted by Gasteiger charge is 2.45. The average Bonchev–Trinajstić information content (AvgIpc) is 3.06. The number of benzene rings is 2. The Hall–Kier alpha value is -3.61. The van der Waals surface area contributed by atoms with E-state index >= 15 is 0 Å². The van der Waals surface area contributed by atoms with E-state index in [-0.39, 0.29) is 11.3 Å². The van der Waals surface area contributed by atoms with Crippen molar-refractivity contribution in [3.63, 3.8) is 0 Å². The number of carbonyl (C=O) groups is 3. The first-order valence-electron chi connectivity index (χ1n) is 11.2. The molecular formula is C26H29NO6. The molecule has 1 unspecified atom stereocenters. The highest BCUT2D eigenvalue weighted by atomic mass is 16.5. The van der Waals surface area contributed by atoms with Crippen LogP contribution in [-0.4, -0.2) is 40.8 Å². The van der Waals surface area contributed by atoms with Crippen molar-refractivity contribution in [1.29, 1.82) is 0 Å². The summed E-state index contributed by atoms with van der Waals surface area (Å²) in [5.74, 6) is -1.12. The average molecular weight is 452 g/mol. The van der Waals surface area contributed by atoms with E-state index in [2.05, 4.69) is 0 Å². The lowest BCUT2D eigenvalue weighted by Crippen LogP contribution is -2.30. The van der Waals surface area contributed by atoms with Crippen molar-refractivity contribution in [2.75, 3.05) is 13.2 Å². The van der Waals surface area contributed by atoms with E-state index in [4.69, 9.17) is 9.47 Å². The Kier molecular flexibility index (Phi) is 7.87. The number of amides is 1. The van der Waals surface area contributed by atoms with Gasteiger partial charge in [-0.2, -0.15) is 0 Å². The van der Waals surface area contributed by atoms with Gasteiger partial charge in [0.25, 0.3) is 11.7 Å². The summed E-state index contributed by atoms with van der Waals surface area (Å²) in [6, 6.07) is 12.7. The molecule has 1 amide bonds. The predicted octanol–water partition coefficient (Wildman–Crippen LogP) is 4.62. The lowest BCUT2D eigenvalue weighted by molar-refractivity contribution is -0.139. The molecule has 1 aliphatic heterocycles. The molecule has 2 aromatic carbocycles. The topological polar surface area (TPSA) is 93.1 Å². The Balaban J connectivity index is 2.07. The molecule has 3 rings (SSSR count). The molecular weight excluding hydrogens is 422 g/mol. The minimum absolute atomic E-state index is 0.0315. The summed E-state index contributed by atoms with van der Waals surface area (Å²) in [7, 11) is 0. The number of hydrogen-bond donors (Lipinski definition) is 1. The molecule has 1 atom stereocenters. The molecule has 33 heavy (non-hydrogen) atoms. The summed E-state index contributed by atoms with van der Waals surface area (Å²) in [6.45, 7) is 6.22. The molecule has 1 fully saturated rings. The fourth-order valence-electron chi connectivity index (χ4n) is 3.78. The Morgan fingerprint density at radius 3 is 2.39 bits per heavy atom. The SMILES string of the molecule is CCCCN1C(=O)C(=O)/C(=C(\O)c2cccc(OCCC)c2)C1c1ccc(OC(C)=O)cc1. The van der Waals surface area contributed by atoms with Crippen LogP contribution in [0.1, 0.15) is 57.2 Å². The molecule has 1 heterocycles. The van der Waals surface area contributed by atoms with E-state index in [1.807, 2.05) is 13.8 Å². The molecule has 7 nitrogen and oxygen atoms in total. The summed E-state index contributed by atoms with van der Waals surface area (Å²) in [5.41, 5.74) is 1.07. The number of aliphatic hydroxyl groups is 1. The van der Waals surface area contributed by atoms with E-state index < -0.39 is 23.7 Å². The summed E-state index contributed by atoms with van der Waals surface area (Å²) in [4.78, 5) is 38.7. The van der Waals surface area contributed by atoms with Crippen molar-refractivity contribution < 1.29 is 29.0 Å². The van der Waals surface area contributed by atoms with Gasteiger partial charge in [0.1, 0.15) is 17.3 Å². The van der Waals surface area contributed by atoms with E-state index in [0.29, 0.717) is 35.8 Å². The number of ketones is 1. The molecule has 0 radical (unpaired) electrons. The third-order valence-corrected chi connectivity index (χ3v) is 5.33. The van der Waals surface area contributed by atoms with Crippen LogP contribution in [0.5, 0.6) is 11.5 Å². The second-order valence-electron chi connectivity index (χ2n) is 7.89. The Morgan fingerprint density at radius 2 is 1.76 bits per heavy atom. The van der Waals surface area contributed by atoms with Crippen molar-refractivity contribution in [3.8, 4) is 11.5 Å². The van der Waals surface area contributed by atoms with Crippen molar-refractivity contribution in [1.82, 2.24) is 4.90 Å². The van der Waals surface area contributed by atoms with E-state index in [1.165, 1.54) is 11.8 Å². The van der Waals surface area contributed by atoms with Crippen LogP contribution in [0.15, 0.2) is 54.1 Å². The predicted molar refractivity (Wildman–Crippen MR) is 124 cm³/mol. The van der Waals surface area contributed by atoms with Crippen LogP contribution in [0, 0.1) is 0 Å². The second kappa shape index (κ2) is 10.8. The van der Waals surface area contributed by atoms with Crippen LogP contribution >= 0.6 is 0 Å². The number of nitrogens with zero attached hydrogens (tertiary/aromatic N) is 1. The van der Waals surface area contributed by atoms with Gasteiger partial charge >= 0.3 is 5.97 Å². The maximum absolute atomic E-state index is 13.0.